The van der Waals surface area contributed by atoms with Gasteiger partial charge in [-0.15, -0.1) is 0 Å². The molecule has 0 aromatic carbocycles. The molecule has 0 bridgehead atoms. The van der Waals surface area contributed by atoms with Gasteiger partial charge in [-0.05, 0) is 44.7 Å². The lowest BCUT2D eigenvalue weighted by atomic mass is 10.00. The van der Waals surface area contributed by atoms with E-state index in [0.29, 0.717) is 11.7 Å². The molecule has 0 aliphatic heterocycles. The maximum Gasteiger partial charge on any atom is 0.141 e. The number of nitrogens with zero attached hydrogens (tertiary/aromatic N) is 2. The van der Waals surface area contributed by atoms with Crippen LogP contribution in [0.25, 0.3) is 0 Å². The summed E-state index contributed by atoms with van der Waals surface area (Å²) >= 11 is 0. The van der Waals surface area contributed by atoms with Crippen LogP contribution in [-0.4, -0.2) is 34.1 Å². The third-order valence-electron chi connectivity index (χ3n) is 4.03. The average molecular weight is 280 g/mol. The van der Waals surface area contributed by atoms with Crippen molar-refractivity contribution in [1.29, 1.82) is 0 Å². The molecule has 1 aromatic heterocycles. The van der Waals surface area contributed by atoms with Crippen molar-refractivity contribution in [3.63, 3.8) is 0 Å². The van der Waals surface area contributed by atoms with Crippen LogP contribution in [0.2, 0.25) is 0 Å². The minimum Gasteiger partial charge on any atom is -0.386 e. The van der Waals surface area contributed by atoms with E-state index in [1.807, 2.05) is 6.92 Å². The highest BCUT2D eigenvalue weighted by Crippen LogP contribution is 2.31. The van der Waals surface area contributed by atoms with Crippen LogP contribution in [0.1, 0.15) is 45.4 Å². The monoisotopic (exact) mass is 280 g/mol. The minimum atomic E-state index is -0.643. The van der Waals surface area contributed by atoms with Crippen LogP contribution >= 0.6 is 0 Å². The lowest BCUT2D eigenvalue weighted by Crippen LogP contribution is -2.37. The van der Waals surface area contributed by atoms with Gasteiger partial charge in [0.15, 0.2) is 0 Å². The molecule has 2 unspecified atom stereocenters. The van der Waals surface area contributed by atoms with Crippen molar-refractivity contribution in [3.8, 4) is 0 Å². The second-order valence-corrected chi connectivity index (χ2v) is 6.31. The molecule has 2 atom stereocenters. The smallest absolute Gasteiger partial charge is 0.141 e. The van der Waals surface area contributed by atoms with Gasteiger partial charge in [-0.2, -0.15) is 0 Å². The number of halogens is 1. The first-order chi connectivity index (χ1) is 9.47. The van der Waals surface area contributed by atoms with Crippen LogP contribution in [0.4, 0.5) is 4.39 Å². The summed E-state index contributed by atoms with van der Waals surface area (Å²) in [6.45, 7) is 8.37. The average Bonchev–Trinajstić information content (AvgIpc) is 3.21. The summed E-state index contributed by atoms with van der Waals surface area (Å²) in [5.41, 5.74) is 0.550. The Bertz CT molecular complexity index is 417. The summed E-state index contributed by atoms with van der Waals surface area (Å²) in [6.07, 6.45) is 3.19. The fraction of sp³-hybridized carbons (Fsp3) is 0.688. The molecule has 1 heterocycles. The topological polar surface area (TPSA) is 36.4 Å². The Hall–Kier alpha value is -1.00. The van der Waals surface area contributed by atoms with E-state index < -0.39 is 6.10 Å². The molecular formula is C16H25FN2O. The summed E-state index contributed by atoms with van der Waals surface area (Å²) in [5.74, 6) is 0.547. The minimum absolute atomic E-state index is 0.0779. The van der Waals surface area contributed by atoms with E-state index in [0.717, 1.165) is 25.2 Å². The highest BCUT2D eigenvalue weighted by Gasteiger charge is 2.28. The Balaban J connectivity index is 1.94. The molecule has 1 aliphatic rings. The first kappa shape index (κ1) is 15.4. The molecule has 1 N–H and O–H groups in total. The second-order valence-electron chi connectivity index (χ2n) is 6.31. The summed E-state index contributed by atoms with van der Waals surface area (Å²) in [4.78, 5) is 6.41. The highest BCUT2D eigenvalue weighted by atomic mass is 19.1. The number of rotatable bonds is 7. The van der Waals surface area contributed by atoms with E-state index in [9.17, 15) is 9.50 Å². The Kier molecular flexibility index (Phi) is 5.11. The lowest BCUT2D eigenvalue weighted by Gasteiger charge is -2.31. The van der Waals surface area contributed by atoms with Crippen molar-refractivity contribution in [2.75, 3.05) is 13.1 Å². The highest BCUT2D eigenvalue weighted by molar-refractivity contribution is 5.09. The zero-order valence-corrected chi connectivity index (χ0v) is 12.6. The second kappa shape index (κ2) is 6.64. The van der Waals surface area contributed by atoms with Crippen LogP contribution in [0.5, 0.6) is 0 Å². The van der Waals surface area contributed by atoms with E-state index >= 15 is 0 Å². The third kappa shape index (κ3) is 4.25. The Labute approximate surface area is 120 Å². The molecule has 2 rings (SSSR count). The van der Waals surface area contributed by atoms with Crippen LogP contribution in [0, 0.1) is 17.7 Å². The molecule has 0 spiro atoms. The van der Waals surface area contributed by atoms with Gasteiger partial charge in [0.25, 0.3) is 0 Å². The van der Waals surface area contributed by atoms with E-state index in [-0.39, 0.29) is 11.7 Å². The number of pyridine rings is 1. The number of aliphatic hydroxyl groups is 1. The van der Waals surface area contributed by atoms with E-state index in [2.05, 4.69) is 23.7 Å². The maximum absolute atomic E-state index is 12.9. The Morgan fingerprint density at radius 2 is 2.05 bits per heavy atom. The van der Waals surface area contributed by atoms with Gasteiger partial charge in [0.2, 0.25) is 0 Å². The van der Waals surface area contributed by atoms with Gasteiger partial charge in [-0.1, -0.05) is 6.92 Å². The van der Waals surface area contributed by atoms with Gasteiger partial charge >= 0.3 is 0 Å². The molecule has 4 heteroatoms. The van der Waals surface area contributed by atoms with Gasteiger partial charge in [0.05, 0.1) is 18.0 Å². The van der Waals surface area contributed by atoms with Crippen molar-refractivity contribution >= 4 is 0 Å². The van der Waals surface area contributed by atoms with E-state index in [4.69, 9.17) is 0 Å². The molecule has 0 amide bonds. The summed E-state index contributed by atoms with van der Waals surface area (Å²) < 4.78 is 12.9. The van der Waals surface area contributed by atoms with E-state index in [1.54, 1.807) is 6.07 Å². The molecule has 20 heavy (non-hydrogen) atoms. The van der Waals surface area contributed by atoms with Crippen LogP contribution in [0.3, 0.4) is 0 Å². The van der Waals surface area contributed by atoms with Gasteiger partial charge in [-0.3, -0.25) is 4.98 Å². The van der Waals surface area contributed by atoms with Gasteiger partial charge in [-0.25, -0.2) is 4.39 Å². The molecule has 112 valence electrons. The molecule has 1 fully saturated rings. The molecular weight excluding hydrogens is 255 g/mol. The first-order valence-corrected chi connectivity index (χ1v) is 7.51. The molecule has 1 saturated carbocycles. The fourth-order valence-corrected chi connectivity index (χ4v) is 2.45. The molecule has 0 saturated heterocycles. The Morgan fingerprint density at radius 1 is 1.35 bits per heavy atom. The predicted molar refractivity (Wildman–Crippen MR) is 77.8 cm³/mol. The molecule has 3 nitrogen and oxygen atoms in total. The zero-order valence-electron chi connectivity index (χ0n) is 12.6. The van der Waals surface area contributed by atoms with Crippen molar-refractivity contribution in [1.82, 2.24) is 9.88 Å². The van der Waals surface area contributed by atoms with Crippen LogP contribution in [0.15, 0.2) is 18.3 Å². The summed E-state index contributed by atoms with van der Waals surface area (Å²) in [5, 5.41) is 10.3. The molecule has 0 radical (unpaired) electrons. The van der Waals surface area contributed by atoms with Crippen molar-refractivity contribution in [2.24, 2.45) is 11.8 Å². The van der Waals surface area contributed by atoms with Gasteiger partial charge in [0.1, 0.15) is 5.82 Å². The van der Waals surface area contributed by atoms with Crippen molar-refractivity contribution in [3.05, 3.63) is 29.8 Å². The summed E-state index contributed by atoms with van der Waals surface area (Å²) in [7, 11) is 0. The SMILES string of the molecule is CC(CN(CC1CC1)C(C)C)C(O)c1ccc(F)cn1. The van der Waals surface area contributed by atoms with E-state index in [1.165, 1.54) is 18.9 Å². The normalized spacial score (nSPS) is 18.6. The van der Waals surface area contributed by atoms with Gasteiger partial charge in [0, 0.05) is 25.0 Å². The van der Waals surface area contributed by atoms with Crippen LogP contribution < -0.4 is 0 Å². The standard InChI is InChI=1S/C16H25FN2O/c1-11(2)19(10-13-4-5-13)9-12(3)16(20)15-7-6-14(17)8-18-15/h6-8,11-13,16,20H,4-5,9-10H2,1-3H3. The largest absolute Gasteiger partial charge is 0.386 e. The van der Waals surface area contributed by atoms with Crippen molar-refractivity contribution in [2.45, 2.75) is 45.8 Å². The zero-order chi connectivity index (χ0) is 14.7. The number of hydrogen-bond donors (Lipinski definition) is 1. The van der Waals surface area contributed by atoms with Crippen molar-refractivity contribution < 1.29 is 9.50 Å². The Morgan fingerprint density at radius 3 is 2.55 bits per heavy atom. The fourth-order valence-electron chi connectivity index (χ4n) is 2.45. The maximum atomic E-state index is 12.9. The quantitative estimate of drug-likeness (QED) is 0.834. The first-order valence-electron chi connectivity index (χ1n) is 7.51. The number of aromatic nitrogens is 1. The summed E-state index contributed by atoms with van der Waals surface area (Å²) in [6, 6.07) is 3.39. The van der Waals surface area contributed by atoms with Crippen LogP contribution in [-0.2, 0) is 0 Å². The number of aliphatic hydroxyl groups excluding tert-OH is 1. The predicted octanol–water partition coefficient (Wildman–Crippen LogP) is 3.01. The third-order valence-corrected chi connectivity index (χ3v) is 4.03. The number of hydrogen-bond acceptors (Lipinski definition) is 3. The lowest BCUT2D eigenvalue weighted by molar-refractivity contribution is 0.0735. The molecule has 1 aliphatic carbocycles. The van der Waals surface area contributed by atoms with Gasteiger partial charge < -0.3 is 10.0 Å². The molecule has 1 aromatic rings.